The summed E-state index contributed by atoms with van der Waals surface area (Å²) in [6.07, 6.45) is 2.49. The van der Waals surface area contributed by atoms with Crippen molar-refractivity contribution in [3.8, 4) is 6.07 Å². The Hall–Kier alpha value is -2.65. The zero-order valence-corrected chi connectivity index (χ0v) is 15.6. The van der Waals surface area contributed by atoms with Crippen molar-refractivity contribution >= 4 is 23.2 Å². The number of carbonyl (C=O) groups excluding carboxylic acids is 1. The second kappa shape index (κ2) is 5.96. The molecule has 1 amide bonds. The molecule has 2 atom stereocenters. The molecule has 2 heterocycles. The number of nitrogens with zero attached hydrogens (tertiary/aromatic N) is 2. The number of hydrogen-bond acceptors (Lipinski definition) is 4. The Balaban J connectivity index is 1.79. The lowest BCUT2D eigenvalue weighted by atomic mass is 9.76. The molecule has 1 saturated heterocycles. The maximum Gasteiger partial charge on any atom is 0.239 e. The SMILES string of the molecule is CN1C(=N)N[C@](C)(c2ccc(C#N)s2)[C@H](c2ccc(C3CC3)cc2)C1=O. The molecule has 0 bridgehead atoms. The topological polar surface area (TPSA) is 80.0 Å². The first kappa shape index (κ1) is 16.8. The summed E-state index contributed by atoms with van der Waals surface area (Å²) >= 11 is 1.37. The minimum Gasteiger partial charge on any atom is -0.345 e. The lowest BCUT2D eigenvalue weighted by Gasteiger charge is -2.45. The van der Waals surface area contributed by atoms with Gasteiger partial charge in [-0.2, -0.15) is 5.26 Å². The minimum absolute atomic E-state index is 0.0789. The zero-order valence-electron chi connectivity index (χ0n) is 14.7. The van der Waals surface area contributed by atoms with Crippen LogP contribution in [0.25, 0.3) is 0 Å². The average molecular weight is 364 g/mol. The van der Waals surface area contributed by atoms with Gasteiger partial charge in [-0.05, 0) is 48.9 Å². The van der Waals surface area contributed by atoms with Crippen LogP contribution in [0.15, 0.2) is 36.4 Å². The zero-order chi connectivity index (χ0) is 18.5. The van der Waals surface area contributed by atoms with Crippen LogP contribution in [0.4, 0.5) is 0 Å². The molecule has 5 nitrogen and oxygen atoms in total. The summed E-state index contributed by atoms with van der Waals surface area (Å²) in [5, 5.41) is 20.6. The van der Waals surface area contributed by atoms with Crippen LogP contribution in [-0.4, -0.2) is 23.8 Å². The normalized spacial score (nSPS) is 25.7. The van der Waals surface area contributed by atoms with Gasteiger partial charge in [0.25, 0.3) is 0 Å². The van der Waals surface area contributed by atoms with E-state index >= 15 is 0 Å². The fourth-order valence-electron chi connectivity index (χ4n) is 3.69. The Labute approximate surface area is 156 Å². The van der Waals surface area contributed by atoms with E-state index in [4.69, 9.17) is 5.41 Å². The van der Waals surface area contributed by atoms with E-state index < -0.39 is 11.5 Å². The van der Waals surface area contributed by atoms with E-state index in [1.165, 1.54) is 34.6 Å². The van der Waals surface area contributed by atoms with Gasteiger partial charge >= 0.3 is 0 Å². The number of rotatable bonds is 3. The van der Waals surface area contributed by atoms with Crippen molar-refractivity contribution in [1.29, 1.82) is 10.7 Å². The quantitative estimate of drug-likeness (QED) is 0.875. The average Bonchev–Trinajstić information content (AvgIpc) is 3.36. The van der Waals surface area contributed by atoms with E-state index in [1.54, 1.807) is 13.1 Å². The molecule has 1 saturated carbocycles. The van der Waals surface area contributed by atoms with Crippen LogP contribution in [0.2, 0.25) is 0 Å². The van der Waals surface area contributed by atoms with Crippen molar-refractivity contribution < 1.29 is 4.79 Å². The van der Waals surface area contributed by atoms with Gasteiger partial charge < -0.3 is 5.32 Å². The summed E-state index contributed by atoms with van der Waals surface area (Å²) in [4.78, 5) is 16.0. The fraction of sp³-hybridized carbons (Fsp3) is 0.350. The first-order chi connectivity index (χ1) is 12.4. The van der Waals surface area contributed by atoms with E-state index in [-0.39, 0.29) is 11.9 Å². The summed E-state index contributed by atoms with van der Waals surface area (Å²) in [7, 11) is 1.62. The van der Waals surface area contributed by atoms with E-state index in [1.807, 2.05) is 25.1 Å². The summed E-state index contributed by atoms with van der Waals surface area (Å²) in [6.45, 7) is 1.94. The molecule has 0 radical (unpaired) electrons. The van der Waals surface area contributed by atoms with Gasteiger partial charge in [-0.1, -0.05) is 24.3 Å². The second-order valence-corrected chi connectivity index (χ2v) is 8.31. The third-order valence-electron chi connectivity index (χ3n) is 5.41. The van der Waals surface area contributed by atoms with Crippen LogP contribution in [-0.2, 0) is 10.3 Å². The second-order valence-electron chi connectivity index (χ2n) is 7.22. The molecule has 132 valence electrons. The number of likely N-dealkylation sites (N-methyl/N-ethyl adjacent to an activating group) is 1. The Kier molecular flexibility index (Phi) is 3.85. The number of benzene rings is 1. The highest BCUT2D eigenvalue weighted by Crippen LogP contribution is 2.44. The first-order valence-corrected chi connectivity index (χ1v) is 9.50. The van der Waals surface area contributed by atoms with Crippen LogP contribution < -0.4 is 5.32 Å². The maximum absolute atomic E-state index is 13.1. The summed E-state index contributed by atoms with van der Waals surface area (Å²) in [5.74, 6) is 0.180. The fourth-order valence-corrected chi connectivity index (χ4v) is 4.62. The number of hydrogen-bond donors (Lipinski definition) is 2. The molecular weight excluding hydrogens is 344 g/mol. The number of guanidine groups is 1. The van der Waals surface area contributed by atoms with E-state index in [9.17, 15) is 10.1 Å². The standard InChI is InChI=1S/C20H20N4OS/c1-20(16-10-9-15(11-21)26-16)17(18(25)24(2)19(22)23-20)14-7-5-13(6-8-14)12-3-4-12/h5-10,12,17H,3-4H2,1-2H3,(H2,22,23)/t17-,20-/m1/s1. The van der Waals surface area contributed by atoms with Crippen molar-refractivity contribution in [1.82, 2.24) is 10.2 Å². The van der Waals surface area contributed by atoms with Gasteiger partial charge in [0.05, 0.1) is 11.5 Å². The molecule has 6 heteroatoms. The van der Waals surface area contributed by atoms with Gasteiger partial charge in [0.1, 0.15) is 10.9 Å². The molecule has 2 aromatic rings. The summed E-state index contributed by atoms with van der Waals surface area (Å²) in [6, 6.07) is 14.1. The van der Waals surface area contributed by atoms with Crippen LogP contribution in [0.3, 0.4) is 0 Å². The van der Waals surface area contributed by atoms with Crippen molar-refractivity contribution in [2.45, 2.75) is 37.1 Å². The van der Waals surface area contributed by atoms with Gasteiger partial charge in [0.15, 0.2) is 5.96 Å². The maximum atomic E-state index is 13.1. The Morgan fingerprint density at radius 3 is 2.46 bits per heavy atom. The predicted molar refractivity (Wildman–Crippen MR) is 101 cm³/mol. The van der Waals surface area contributed by atoms with Gasteiger partial charge in [-0.15, -0.1) is 11.3 Å². The Bertz CT molecular complexity index is 922. The van der Waals surface area contributed by atoms with E-state index in [2.05, 4.69) is 23.5 Å². The molecule has 1 aromatic heterocycles. The number of nitrogens with one attached hydrogen (secondary N) is 2. The molecule has 2 fully saturated rings. The highest BCUT2D eigenvalue weighted by atomic mass is 32.1. The van der Waals surface area contributed by atoms with E-state index in [0.717, 1.165) is 10.4 Å². The molecule has 1 aromatic carbocycles. The predicted octanol–water partition coefficient (Wildman–Crippen LogP) is 3.49. The van der Waals surface area contributed by atoms with Crippen LogP contribution in [0.5, 0.6) is 0 Å². The Morgan fingerprint density at radius 2 is 1.88 bits per heavy atom. The lowest BCUT2D eigenvalue weighted by Crippen LogP contribution is -2.62. The largest absolute Gasteiger partial charge is 0.345 e. The molecule has 26 heavy (non-hydrogen) atoms. The van der Waals surface area contributed by atoms with Gasteiger partial charge in [0.2, 0.25) is 5.91 Å². The number of nitriles is 1. The van der Waals surface area contributed by atoms with Crippen molar-refractivity contribution in [2.75, 3.05) is 7.05 Å². The number of thiophene rings is 1. The highest BCUT2D eigenvalue weighted by molar-refractivity contribution is 7.12. The van der Waals surface area contributed by atoms with Crippen LogP contribution in [0, 0.1) is 16.7 Å². The minimum atomic E-state index is -0.762. The molecule has 1 aliphatic heterocycles. The Morgan fingerprint density at radius 1 is 1.23 bits per heavy atom. The van der Waals surface area contributed by atoms with E-state index in [0.29, 0.717) is 10.8 Å². The number of amides is 1. The van der Waals surface area contributed by atoms with Gasteiger partial charge in [-0.3, -0.25) is 15.1 Å². The van der Waals surface area contributed by atoms with Crippen molar-refractivity contribution in [3.63, 3.8) is 0 Å². The molecular formula is C20H20N4OS. The molecule has 0 spiro atoms. The molecule has 2 aliphatic rings. The lowest BCUT2D eigenvalue weighted by molar-refractivity contribution is -0.131. The van der Waals surface area contributed by atoms with Gasteiger partial charge in [0, 0.05) is 11.9 Å². The van der Waals surface area contributed by atoms with Crippen molar-refractivity contribution in [2.24, 2.45) is 0 Å². The summed E-state index contributed by atoms with van der Waals surface area (Å²) < 4.78 is 0. The van der Waals surface area contributed by atoms with Crippen LogP contribution >= 0.6 is 11.3 Å². The first-order valence-electron chi connectivity index (χ1n) is 8.68. The molecule has 4 rings (SSSR count). The third-order valence-corrected chi connectivity index (χ3v) is 6.64. The van der Waals surface area contributed by atoms with Crippen molar-refractivity contribution in [3.05, 3.63) is 57.3 Å². The van der Waals surface area contributed by atoms with Gasteiger partial charge in [-0.25, -0.2) is 0 Å². The monoisotopic (exact) mass is 364 g/mol. The number of carbonyl (C=O) groups is 1. The smallest absolute Gasteiger partial charge is 0.239 e. The highest BCUT2D eigenvalue weighted by Gasteiger charge is 2.49. The summed E-state index contributed by atoms with van der Waals surface area (Å²) in [5.41, 5.74) is 1.50. The molecule has 1 aliphatic carbocycles. The molecule has 0 unspecified atom stereocenters. The third kappa shape index (κ3) is 2.60. The molecule has 2 N–H and O–H groups in total. The van der Waals surface area contributed by atoms with Crippen LogP contribution in [0.1, 0.15) is 52.5 Å².